The molecule has 122 valence electrons. The van der Waals surface area contributed by atoms with E-state index in [0.29, 0.717) is 0 Å². The van der Waals surface area contributed by atoms with E-state index in [0.717, 1.165) is 35.1 Å². The molecule has 3 N–H and O–H groups in total. The van der Waals surface area contributed by atoms with Crippen molar-refractivity contribution in [2.24, 2.45) is 0 Å². The number of quaternary nitrogens is 1. The van der Waals surface area contributed by atoms with Gasteiger partial charge in [0.1, 0.15) is 5.69 Å². The lowest BCUT2D eigenvalue weighted by Gasteiger charge is -2.49. The number of nitrogen functional groups attached to an aromatic ring is 1. The van der Waals surface area contributed by atoms with Crippen molar-refractivity contribution in [3.05, 3.63) is 17.7 Å². The van der Waals surface area contributed by atoms with Gasteiger partial charge in [-0.3, -0.25) is 4.48 Å². The van der Waals surface area contributed by atoms with Crippen LogP contribution in [0.1, 0.15) is 37.7 Å². The van der Waals surface area contributed by atoms with Gasteiger partial charge in [0.05, 0.1) is 37.5 Å². The summed E-state index contributed by atoms with van der Waals surface area (Å²) in [6.45, 7) is 7.00. The Bertz CT molecular complexity index is 517. The third-order valence-electron chi connectivity index (χ3n) is 5.71. The highest BCUT2D eigenvalue weighted by atomic mass is 16.5. The number of hydrogen-bond acceptors (Lipinski definition) is 3. The topological polar surface area (TPSA) is 47.3 Å². The fourth-order valence-corrected chi connectivity index (χ4v) is 4.64. The summed E-state index contributed by atoms with van der Waals surface area (Å²) < 4.78 is 6.74. The van der Waals surface area contributed by atoms with Crippen LogP contribution in [0.3, 0.4) is 0 Å². The fraction of sp³-hybridized carbons (Fsp3) is 0.667. The second-order valence-corrected chi connectivity index (χ2v) is 6.86. The van der Waals surface area contributed by atoms with Gasteiger partial charge in [0, 0.05) is 32.0 Å². The van der Waals surface area contributed by atoms with E-state index in [1.807, 2.05) is 6.07 Å². The number of anilines is 1. The molecule has 1 aromatic rings. The molecule has 0 atom stereocenters. The van der Waals surface area contributed by atoms with Crippen LogP contribution in [0.5, 0.6) is 5.75 Å². The summed E-state index contributed by atoms with van der Waals surface area (Å²) >= 11 is 0. The van der Waals surface area contributed by atoms with Crippen molar-refractivity contribution in [2.45, 2.75) is 45.1 Å². The van der Waals surface area contributed by atoms with Gasteiger partial charge in [-0.15, -0.1) is 0 Å². The van der Waals surface area contributed by atoms with Crippen LogP contribution in [0.15, 0.2) is 12.1 Å². The van der Waals surface area contributed by atoms with Crippen LogP contribution in [-0.4, -0.2) is 39.3 Å². The van der Waals surface area contributed by atoms with Gasteiger partial charge >= 0.3 is 0 Å². The minimum absolute atomic E-state index is 0.730. The summed E-state index contributed by atoms with van der Waals surface area (Å²) in [7, 11) is 1.73. The van der Waals surface area contributed by atoms with Crippen molar-refractivity contribution in [1.82, 2.24) is 9.80 Å². The van der Waals surface area contributed by atoms with Crippen molar-refractivity contribution in [1.29, 1.82) is 0 Å². The van der Waals surface area contributed by atoms with Crippen molar-refractivity contribution < 1.29 is 4.74 Å². The lowest BCUT2D eigenvalue weighted by molar-refractivity contribution is 0.138. The predicted octanol–water partition coefficient (Wildman–Crippen LogP) is 2.83. The van der Waals surface area contributed by atoms with Gasteiger partial charge < -0.3 is 15.8 Å². The molecule has 3 rings (SSSR count). The lowest BCUT2D eigenvalue weighted by Crippen LogP contribution is -2.62. The van der Waals surface area contributed by atoms with Crippen molar-refractivity contribution in [3.63, 3.8) is 0 Å². The first-order chi connectivity index (χ1) is 10.7. The smallest absolute Gasteiger partial charge is 0.150 e. The molecule has 4 nitrogen and oxygen atoms in total. The normalized spacial score (nSPS) is 22.5. The van der Waals surface area contributed by atoms with Crippen LogP contribution >= 0.6 is 0 Å². The van der Waals surface area contributed by atoms with Crippen molar-refractivity contribution in [3.8, 4) is 5.75 Å². The van der Waals surface area contributed by atoms with E-state index in [2.05, 4.69) is 18.3 Å². The Morgan fingerprint density at radius 3 is 2.45 bits per heavy atom. The number of ether oxygens (including phenoxy) is 1. The molecule has 0 unspecified atom stereocenters. The molecule has 0 radical (unpaired) electrons. The number of rotatable bonds is 3. The minimum atomic E-state index is 0.730. The zero-order valence-electron chi connectivity index (χ0n) is 14.0. The number of likely N-dealkylation sites (tertiary alicyclic amines) is 1. The third kappa shape index (κ3) is 2.59. The van der Waals surface area contributed by atoms with Crippen LogP contribution in [0.4, 0.5) is 11.4 Å². The summed E-state index contributed by atoms with van der Waals surface area (Å²) in [5.74, 6) is 0.870. The van der Waals surface area contributed by atoms with Gasteiger partial charge in [-0.2, -0.15) is 0 Å². The molecule has 2 aliphatic heterocycles. The van der Waals surface area contributed by atoms with Crippen LogP contribution in [0.2, 0.25) is 0 Å². The zero-order chi connectivity index (χ0) is 15.6. The number of benzene rings is 1. The van der Waals surface area contributed by atoms with E-state index in [1.54, 1.807) is 7.11 Å². The second kappa shape index (κ2) is 6.47. The summed E-state index contributed by atoms with van der Waals surface area (Å²) in [5, 5.41) is 3.51. The van der Waals surface area contributed by atoms with Gasteiger partial charge in [-0.05, 0) is 32.3 Å². The average molecular weight is 304 g/mol. The Morgan fingerprint density at radius 2 is 1.82 bits per heavy atom. The maximum Gasteiger partial charge on any atom is 0.150 e. The van der Waals surface area contributed by atoms with Gasteiger partial charge in [-0.25, -0.2) is 0 Å². The van der Waals surface area contributed by atoms with E-state index >= 15 is 0 Å². The standard InChI is InChI=1S/C18H30N3O/c1-14-17(7-6-16(19)18(14)22-2)21(12-4-3-5-13-21)15-8-10-20-11-9-15/h6-7,15,20H,3-5,8-13,19H2,1-2H3/q+1. The SMILES string of the molecule is COc1c(N)ccc([N+]2(C3CCNCC3)CCCCC2)c1C. The zero-order valence-corrected chi connectivity index (χ0v) is 14.0. The van der Waals surface area contributed by atoms with E-state index < -0.39 is 0 Å². The highest BCUT2D eigenvalue weighted by Crippen LogP contribution is 2.42. The highest BCUT2D eigenvalue weighted by Gasteiger charge is 2.42. The maximum atomic E-state index is 6.11. The number of methoxy groups -OCH3 is 1. The molecule has 0 aliphatic carbocycles. The van der Waals surface area contributed by atoms with E-state index in [9.17, 15) is 0 Å². The van der Waals surface area contributed by atoms with Crippen molar-refractivity contribution >= 4 is 11.4 Å². The molecule has 22 heavy (non-hydrogen) atoms. The molecule has 2 aliphatic rings. The molecule has 2 heterocycles. The molecule has 0 amide bonds. The summed E-state index contributed by atoms with van der Waals surface area (Å²) in [6.07, 6.45) is 6.57. The highest BCUT2D eigenvalue weighted by molar-refractivity contribution is 5.67. The first kappa shape index (κ1) is 15.6. The molecule has 0 spiro atoms. The molecule has 0 saturated carbocycles. The molecular formula is C18H30N3O+. The number of nitrogens with two attached hydrogens (primary N) is 1. The Morgan fingerprint density at radius 1 is 1.14 bits per heavy atom. The number of nitrogens with zero attached hydrogens (tertiary/aromatic N) is 1. The predicted molar refractivity (Wildman–Crippen MR) is 93.4 cm³/mol. The average Bonchev–Trinajstić information content (AvgIpc) is 2.57. The van der Waals surface area contributed by atoms with Crippen LogP contribution in [0, 0.1) is 6.92 Å². The second-order valence-electron chi connectivity index (χ2n) is 6.86. The van der Waals surface area contributed by atoms with Crippen LogP contribution in [-0.2, 0) is 0 Å². The van der Waals surface area contributed by atoms with Crippen molar-refractivity contribution in [2.75, 3.05) is 39.0 Å². The number of hydrogen-bond donors (Lipinski definition) is 2. The van der Waals surface area contributed by atoms with E-state index in [-0.39, 0.29) is 0 Å². The molecule has 4 heteroatoms. The van der Waals surface area contributed by atoms with Gasteiger partial charge in [0.25, 0.3) is 0 Å². The summed E-state index contributed by atoms with van der Waals surface area (Å²) in [4.78, 5) is 0. The van der Waals surface area contributed by atoms with Crippen LogP contribution in [0.25, 0.3) is 0 Å². The van der Waals surface area contributed by atoms with Crippen LogP contribution < -0.4 is 20.3 Å². The Hall–Kier alpha value is -1.26. The number of piperidine rings is 2. The maximum absolute atomic E-state index is 6.11. The first-order valence-corrected chi connectivity index (χ1v) is 8.70. The van der Waals surface area contributed by atoms with Gasteiger partial charge in [0.2, 0.25) is 0 Å². The molecule has 0 bridgehead atoms. The Balaban J connectivity index is 2.06. The quantitative estimate of drug-likeness (QED) is 0.667. The van der Waals surface area contributed by atoms with E-state index in [4.69, 9.17) is 10.5 Å². The Kier molecular flexibility index (Phi) is 4.59. The summed E-state index contributed by atoms with van der Waals surface area (Å²) in [6, 6.07) is 5.03. The fourth-order valence-electron chi connectivity index (χ4n) is 4.64. The van der Waals surface area contributed by atoms with E-state index in [1.165, 1.54) is 56.4 Å². The monoisotopic (exact) mass is 304 g/mol. The largest absolute Gasteiger partial charge is 0.494 e. The molecule has 0 aromatic heterocycles. The summed E-state index contributed by atoms with van der Waals surface area (Å²) in [5.41, 5.74) is 9.54. The first-order valence-electron chi connectivity index (χ1n) is 8.70. The number of nitrogens with one attached hydrogen (secondary N) is 1. The van der Waals surface area contributed by atoms with Gasteiger partial charge in [0.15, 0.2) is 5.75 Å². The Labute approximate surface area is 134 Å². The molecule has 2 saturated heterocycles. The lowest BCUT2D eigenvalue weighted by atomic mass is 9.93. The van der Waals surface area contributed by atoms with Gasteiger partial charge in [-0.1, -0.05) is 0 Å². The minimum Gasteiger partial charge on any atom is -0.494 e. The third-order valence-corrected chi connectivity index (χ3v) is 5.71. The molecule has 2 fully saturated rings. The molecule has 1 aromatic carbocycles. The molecular weight excluding hydrogens is 274 g/mol.